The van der Waals surface area contributed by atoms with E-state index in [1.54, 1.807) is 31.8 Å². The van der Waals surface area contributed by atoms with E-state index >= 15 is 0 Å². The Bertz CT molecular complexity index is 1520. The second-order valence-electron chi connectivity index (χ2n) is 7.79. The fraction of sp³-hybridized carbons (Fsp3) is 0.227. The molecule has 0 fully saturated rings. The van der Waals surface area contributed by atoms with Gasteiger partial charge in [0.15, 0.2) is 5.82 Å². The van der Waals surface area contributed by atoms with Crippen molar-refractivity contribution in [3.05, 3.63) is 63.6 Å². The average molecular weight is 446 g/mol. The molecule has 0 radical (unpaired) electrons. The Morgan fingerprint density at radius 2 is 2.09 bits per heavy atom. The van der Waals surface area contributed by atoms with Gasteiger partial charge in [-0.05, 0) is 25.1 Å². The van der Waals surface area contributed by atoms with Gasteiger partial charge < -0.3 is 10.5 Å². The molecule has 1 atom stereocenters. The van der Waals surface area contributed by atoms with E-state index in [-0.39, 0.29) is 29.5 Å². The third-order valence-corrected chi connectivity index (χ3v) is 5.78. The van der Waals surface area contributed by atoms with Crippen LogP contribution in [0.1, 0.15) is 30.0 Å². The maximum absolute atomic E-state index is 14.2. The molecular formula is C22H19FN8O2. The van der Waals surface area contributed by atoms with E-state index in [1.807, 2.05) is 0 Å². The van der Waals surface area contributed by atoms with Gasteiger partial charge in [0.25, 0.3) is 11.4 Å². The minimum absolute atomic E-state index is 0.0555. The number of rotatable bonds is 0. The van der Waals surface area contributed by atoms with E-state index in [2.05, 4.69) is 21.1 Å². The van der Waals surface area contributed by atoms with Gasteiger partial charge >= 0.3 is 0 Å². The Labute approximate surface area is 187 Å². The van der Waals surface area contributed by atoms with Gasteiger partial charge in [-0.15, -0.1) is 0 Å². The zero-order valence-corrected chi connectivity index (χ0v) is 18.1. The van der Waals surface area contributed by atoms with E-state index in [9.17, 15) is 14.4 Å². The molecule has 10 nitrogen and oxygen atoms in total. The van der Waals surface area contributed by atoms with Gasteiger partial charge in [0.05, 0.1) is 35.4 Å². The van der Waals surface area contributed by atoms with Crippen molar-refractivity contribution in [2.24, 2.45) is 14.1 Å². The SMILES string of the molecule is C[C@H]1Oc2nc(cnc2N)-c2c(nn(C)c2C#N)Cn2c(cc(=O)n2C)-c2ccc(F)cc21. The van der Waals surface area contributed by atoms with Crippen LogP contribution >= 0.6 is 0 Å². The summed E-state index contributed by atoms with van der Waals surface area (Å²) in [6, 6.07) is 7.93. The highest BCUT2D eigenvalue weighted by Crippen LogP contribution is 2.35. The van der Waals surface area contributed by atoms with Crippen LogP contribution < -0.4 is 16.0 Å². The van der Waals surface area contributed by atoms with E-state index in [1.165, 1.54) is 33.8 Å². The zero-order chi connectivity index (χ0) is 23.4. The number of ether oxygens (including phenoxy) is 1. The van der Waals surface area contributed by atoms with Crippen LogP contribution in [0.3, 0.4) is 0 Å². The maximum atomic E-state index is 14.2. The lowest BCUT2D eigenvalue weighted by molar-refractivity contribution is 0.218. The Balaban J connectivity index is 1.88. The molecular weight excluding hydrogens is 427 g/mol. The summed E-state index contributed by atoms with van der Waals surface area (Å²) in [7, 11) is 3.29. The first-order chi connectivity index (χ1) is 15.8. The number of benzene rings is 1. The predicted molar refractivity (Wildman–Crippen MR) is 117 cm³/mol. The number of nitrogens with zero attached hydrogens (tertiary/aromatic N) is 7. The van der Waals surface area contributed by atoms with E-state index in [0.717, 1.165) is 0 Å². The first kappa shape index (κ1) is 20.4. The minimum Gasteiger partial charge on any atom is -0.467 e. The monoisotopic (exact) mass is 446 g/mol. The number of hydrogen-bond donors (Lipinski definition) is 1. The number of aryl methyl sites for hydroxylation is 1. The quantitative estimate of drug-likeness (QED) is 0.438. The van der Waals surface area contributed by atoms with Gasteiger partial charge in [-0.2, -0.15) is 10.4 Å². The molecule has 4 aromatic rings. The highest BCUT2D eigenvalue weighted by atomic mass is 19.1. The molecule has 11 heteroatoms. The molecule has 3 aromatic heterocycles. The fourth-order valence-electron chi connectivity index (χ4n) is 4.13. The van der Waals surface area contributed by atoms with Crippen LogP contribution in [-0.4, -0.2) is 29.1 Å². The summed E-state index contributed by atoms with van der Waals surface area (Å²) in [5.74, 6) is -0.333. The lowest BCUT2D eigenvalue weighted by atomic mass is 10.00. The number of aromatic nitrogens is 6. The molecule has 2 N–H and O–H groups in total. The third kappa shape index (κ3) is 3.15. The molecule has 0 aliphatic carbocycles. The Morgan fingerprint density at radius 1 is 1.30 bits per heavy atom. The van der Waals surface area contributed by atoms with Crippen molar-refractivity contribution in [3.63, 3.8) is 0 Å². The number of hydrogen-bond acceptors (Lipinski definition) is 7. The molecule has 0 unspecified atom stereocenters. The number of anilines is 1. The minimum atomic E-state index is -0.672. The fourth-order valence-corrected chi connectivity index (χ4v) is 4.13. The number of halogens is 1. The molecule has 1 aliphatic rings. The van der Waals surface area contributed by atoms with E-state index < -0.39 is 11.9 Å². The van der Waals surface area contributed by atoms with Gasteiger partial charge in [0, 0.05) is 31.3 Å². The average Bonchev–Trinajstić information content (AvgIpc) is 3.25. The van der Waals surface area contributed by atoms with Crippen molar-refractivity contribution < 1.29 is 9.13 Å². The van der Waals surface area contributed by atoms with E-state index in [0.29, 0.717) is 33.8 Å². The largest absolute Gasteiger partial charge is 0.467 e. The van der Waals surface area contributed by atoms with E-state index in [4.69, 9.17) is 10.5 Å². The van der Waals surface area contributed by atoms with Gasteiger partial charge in [-0.3, -0.25) is 18.8 Å². The van der Waals surface area contributed by atoms with Crippen molar-refractivity contribution in [3.8, 4) is 34.5 Å². The van der Waals surface area contributed by atoms with Crippen LogP contribution in [-0.2, 0) is 20.6 Å². The first-order valence-corrected chi connectivity index (χ1v) is 10.1. The van der Waals surface area contributed by atoms with Crippen LogP contribution in [0, 0.1) is 17.1 Å². The van der Waals surface area contributed by atoms with Gasteiger partial charge in [0.2, 0.25) is 0 Å². The first-order valence-electron chi connectivity index (χ1n) is 10.1. The summed E-state index contributed by atoms with van der Waals surface area (Å²) in [5.41, 5.74) is 9.06. The standard InChI is InChI=1S/C22H19FN8O2/c1-11-14-6-12(23)4-5-13(14)17-7-19(32)30(3)31(17)10-16-20(18(8-24)29(2)28-16)15-9-26-21(25)22(27-15)33-11/h4-7,9,11H,10H2,1-3H3,(H2,25,26)/t11-/m1/s1. The molecule has 0 saturated carbocycles. The molecule has 1 aromatic carbocycles. The lowest BCUT2D eigenvalue weighted by Crippen LogP contribution is -2.21. The lowest BCUT2D eigenvalue weighted by Gasteiger charge is -2.21. The Hall–Kier alpha value is -4.46. The summed E-state index contributed by atoms with van der Waals surface area (Å²) >= 11 is 0. The number of fused-ring (bicyclic) bond motifs is 7. The Kier molecular flexibility index (Phi) is 4.52. The normalized spacial score (nSPS) is 14.7. The molecule has 0 amide bonds. The second kappa shape index (κ2) is 7.30. The molecule has 2 bridgehead atoms. The molecule has 33 heavy (non-hydrogen) atoms. The highest BCUT2D eigenvalue weighted by molar-refractivity contribution is 5.70. The molecule has 5 rings (SSSR count). The van der Waals surface area contributed by atoms with Crippen molar-refractivity contribution >= 4 is 5.82 Å². The van der Waals surface area contributed by atoms with Crippen LogP contribution in [0.25, 0.3) is 22.5 Å². The van der Waals surface area contributed by atoms with Crippen LogP contribution in [0.4, 0.5) is 10.2 Å². The summed E-state index contributed by atoms with van der Waals surface area (Å²) in [6.07, 6.45) is 0.776. The summed E-state index contributed by atoms with van der Waals surface area (Å²) in [4.78, 5) is 21.4. The van der Waals surface area contributed by atoms with Crippen LogP contribution in [0.5, 0.6) is 5.88 Å². The Morgan fingerprint density at radius 3 is 2.85 bits per heavy atom. The smallest absolute Gasteiger partial charge is 0.267 e. The third-order valence-electron chi connectivity index (χ3n) is 5.78. The number of nitrogens with two attached hydrogens (primary N) is 1. The summed E-state index contributed by atoms with van der Waals surface area (Å²) in [5, 5.41) is 14.3. The van der Waals surface area contributed by atoms with Crippen molar-refractivity contribution in [2.75, 3.05) is 5.73 Å². The van der Waals surface area contributed by atoms with Crippen LogP contribution in [0.2, 0.25) is 0 Å². The number of nitriles is 1. The molecule has 0 spiro atoms. The zero-order valence-electron chi connectivity index (χ0n) is 18.1. The molecule has 4 heterocycles. The second-order valence-corrected chi connectivity index (χ2v) is 7.79. The van der Waals surface area contributed by atoms with Crippen molar-refractivity contribution in [1.29, 1.82) is 5.26 Å². The van der Waals surface area contributed by atoms with Crippen molar-refractivity contribution in [2.45, 2.75) is 19.6 Å². The molecule has 166 valence electrons. The molecule has 0 saturated heterocycles. The van der Waals surface area contributed by atoms with Gasteiger partial charge in [0.1, 0.15) is 23.7 Å². The predicted octanol–water partition coefficient (Wildman–Crippen LogP) is 2.14. The summed E-state index contributed by atoms with van der Waals surface area (Å²) in [6.45, 7) is 1.89. The van der Waals surface area contributed by atoms with Gasteiger partial charge in [-0.25, -0.2) is 14.4 Å². The molecule has 1 aliphatic heterocycles. The summed E-state index contributed by atoms with van der Waals surface area (Å²) < 4.78 is 24.9. The highest BCUT2D eigenvalue weighted by Gasteiger charge is 2.26. The topological polar surface area (TPSA) is 130 Å². The maximum Gasteiger partial charge on any atom is 0.267 e. The van der Waals surface area contributed by atoms with Crippen LogP contribution in [0.15, 0.2) is 35.3 Å². The van der Waals surface area contributed by atoms with Crippen molar-refractivity contribution in [1.82, 2.24) is 29.1 Å². The van der Waals surface area contributed by atoms with Gasteiger partial charge in [-0.1, -0.05) is 0 Å². The number of nitrogen functional groups attached to an aromatic ring is 1.